The van der Waals surface area contributed by atoms with Crippen LogP contribution in [0.3, 0.4) is 0 Å². The van der Waals surface area contributed by atoms with Crippen molar-refractivity contribution >= 4 is 29.7 Å². The molecule has 1 fully saturated rings. The Hall–Kier alpha value is -1.66. The van der Waals surface area contributed by atoms with E-state index in [0.717, 1.165) is 0 Å². The summed E-state index contributed by atoms with van der Waals surface area (Å²) < 4.78 is 6.60. The lowest BCUT2D eigenvalue weighted by Crippen LogP contribution is -2.42. The van der Waals surface area contributed by atoms with Crippen LogP contribution in [0.2, 0.25) is 0 Å². The highest BCUT2D eigenvalue weighted by molar-refractivity contribution is 7.81. The number of aliphatic hydroxyl groups is 3. The lowest BCUT2D eigenvalue weighted by Gasteiger charge is -2.26. The molecule has 0 spiro atoms. The lowest BCUT2D eigenvalue weighted by molar-refractivity contribution is -0.0579. The van der Waals surface area contributed by atoms with Crippen molar-refractivity contribution in [3.8, 4) is 0 Å². The molecule has 4 atom stereocenters. The van der Waals surface area contributed by atoms with Crippen LogP contribution in [0.1, 0.15) is 6.23 Å². The normalized spacial score (nSPS) is 32.9. The first-order valence-electron chi connectivity index (χ1n) is 5.97. The molecular weight excluding hydrogens is 302 g/mol. The summed E-state index contributed by atoms with van der Waals surface area (Å²) in [6.45, 7) is -0.511. The van der Waals surface area contributed by atoms with Crippen LogP contribution in [0.4, 0.5) is 5.95 Å². The molecular formula is C10H13N5O5S. The fraction of sp³-hybridized carbons (Fsp3) is 0.500. The highest BCUT2D eigenvalue weighted by Gasteiger charge is 2.54. The SMILES string of the molecule is Nc1nc2c(ncn2[C@@H]2O[C@H](CO)[C@@H](O)[C@@]2(O)S)c(=O)[nH]1. The Morgan fingerprint density at radius 1 is 1.62 bits per heavy atom. The second-order valence-electron chi connectivity index (χ2n) is 4.71. The number of nitrogens with one attached hydrogen (secondary N) is 1. The molecule has 3 rings (SSSR count). The molecule has 2 aromatic heterocycles. The van der Waals surface area contributed by atoms with Crippen molar-refractivity contribution in [3.63, 3.8) is 0 Å². The van der Waals surface area contributed by atoms with Crippen LogP contribution in [0, 0.1) is 0 Å². The molecule has 6 N–H and O–H groups in total. The van der Waals surface area contributed by atoms with E-state index in [2.05, 4.69) is 27.6 Å². The molecule has 3 heterocycles. The van der Waals surface area contributed by atoms with Gasteiger partial charge in [-0.2, -0.15) is 4.98 Å². The fourth-order valence-corrected chi connectivity index (χ4v) is 2.64. The van der Waals surface area contributed by atoms with Crippen molar-refractivity contribution in [1.29, 1.82) is 0 Å². The molecule has 2 aromatic rings. The lowest BCUT2D eigenvalue weighted by atomic mass is 10.1. The Morgan fingerprint density at radius 2 is 2.33 bits per heavy atom. The predicted molar refractivity (Wildman–Crippen MR) is 73.5 cm³/mol. The van der Waals surface area contributed by atoms with Gasteiger partial charge in [-0.15, -0.1) is 12.6 Å². The number of hydrogen-bond acceptors (Lipinski definition) is 9. The van der Waals surface area contributed by atoms with Gasteiger partial charge in [-0.3, -0.25) is 14.3 Å². The predicted octanol–water partition coefficient (Wildman–Crippen LogP) is -2.43. The molecule has 114 valence electrons. The van der Waals surface area contributed by atoms with E-state index in [1.165, 1.54) is 10.9 Å². The number of aliphatic hydroxyl groups excluding tert-OH is 2. The van der Waals surface area contributed by atoms with Gasteiger partial charge >= 0.3 is 0 Å². The molecule has 0 aliphatic carbocycles. The number of rotatable bonds is 2. The van der Waals surface area contributed by atoms with Gasteiger partial charge in [0.25, 0.3) is 5.56 Å². The van der Waals surface area contributed by atoms with Gasteiger partial charge in [0, 0.05) is 0 Å². The van der Waals surface area contributed by atoms with Crippen LogP contribution in [0.5, 0.6) is 0 Å². The number of nitrogen functional groups attached to an aromatic ring is 1. The molecule has 0 aromatic carbocycles. The minimum Gasteiger partial charge on any atom is -0.394 e. The van der Waals surface area contributed by atoms with Crippen molar-refractivity contribution in [2.45, 2.75) is 23.4 Å². The van der Waals surface area contributed by atoms with E-state index in [0.29, 0.717) is 0 Å². The number of aromatic nitrogens is 4. The molecule has 0 radical (unpaired) electrons. The summed E-state index contributed by atoms with van der Waals surface area (Å²) in [6.07, 6.45) is -2.46. The van der Waals surface area contributed by atoms with Gasteiger partial charge in [0.05, 0.1) is 12.9 Å². The smallest absolute Gasteiger partial charge is 0.280 e. The van der Waals surface area contributed by atoms with Crippen molar-refractivity contribution in [3.05, 3.63) is 16.7 Å². The van der Waals surface area contributed by atoms with Crippen LogP contribution < -0.4 is 11.3 Å². The Labute approximate surface area is 122 Å². The zero-order valence-corrected chi connectivity index (χ0v) is 11.4. The zero-order valence-electron chi connectivity index (χ0n) is 10.5. The fourth-order valence-electron chi connectivity index (χ4n) is 2.29. The zero-order chi connectivity index (χ0) is 15.4. The number of anilines is 1. The highest BCUT2D eigenvalue weighted by Crippen LogP contribution is 2.41. The van der Waals surface area contributed by atoms with Crippen LogP contribution in [0.25, 0.3) is 11.2 Å². The summed E-state index contributed by atoms with van der Waals surface area (Å²) in [6, 6.07) is 0. The van der Waals surface area contributed by atoms with Crippen LogP contribution in [0.15, 0.2) is 11.1 Å². The molecule has 1 aliphatic rings. The van der Waals surface area contributed by atoms with Gasteiger partial charge in [0.15, 0.2) is 22.3 Å². The number of imidazole rings is 1. The highest BCUT2D eigenvalue weighted by atomic mass is 32.1. The summed E-state index contributed by atoms with van der Waals surface area (Å²) in [5.41, 5.74) is 5.00. The van der Waals surface area contributed by atoms with Crippen LogP contribution >= 0.6 is 12.6 Å². The first-order valence-corrected chi connectivity index (χ1v) is 6.42. The molecule has 11 heteroatoms. The Balaban J connectivity index is 2.15. The third-order valence-corrected chi connectivity index (χ3v) is 3.82. The molecule has 1 aliphatic heterocycles. The topological polar surface area (TPSA) is 160 Å². The van der Waals surface area contributed by atoms with Crippen LogP contribution in [-0.2, 0) is 4.74 Å². The van der Waals surface area contributed by atoms with Crippen molar-refractivity contribution < 1.29 is 20.1 Å². The molecule has 1 saturated heterocycles. The monoisotopic (exact) mass is 315 g/mol. The average Bonchev–Trinajstić information content (AvgIpc) is 2.91. The Kier molecular flexibility index (Phi) is 3.18. The number of thiol groups is 1. The summed E-state index contributed by atoms with van der Waals surface area (Å²) in [7, 11) is 0. The van der Waals surface area contributed by atoms with Crippen molar-refractivity contribution in [2.75, 3.05) is 12.3 Å². The van der Waals surface area contributed by atoms with Gasteiger partial charge in [-0.25, -0.2) is 4.98 Å². The second-order valence-corrected chi connectivity index (χ2v) is 5.43. The minimum atomic E-state index is -2.00. The van der Waals surface area contributed by atoms with E-state index >= 15 is 0 Å². The maximum Gasteiger partial charge on any atom is 0.280 e. The molecule has 0 saturated carbocycles. The summed E-state index contributed by atoms with van der Waals surface area (Å²) >= 11 is 3.99. The molecule has 0 bridgehead atoms. The van der Waals surface area contributed by atoms with E-state index < -0.39 is 35.5 Å². The number of fused-ring (bicyclic) bond motifs is 1. The third kappa shape index (κ3) is 2.01. The van der Waals surface area contributed by atoms with E-state index in [-0.39, 0.29) is 17.1 Å². The number of nitrogens with two attached hydrogens (primary N) is 1. The number of H-pyrrole nitrogens is 1. The Bertz CT molecular complexity index is 743. The van der Waals surface area contributed by atoms with Gasteiger partial charge < -0.3 is 25.8 Å². The maximum absolute atomic E-state index is 11.7. The average molecular weight is 315 g/mol. The summed E-state index contributed by atoms with van der Waals surface area (Å²) in [5, 5.41) is 29.3. The van der Waals surface area contributed by atoms with E-state index in [4.69, 9.17) is 15.6 Å². The summed E-state index contributed by atoms with van der Waals surface area (Å²) in [5.74, 6) is -0.130. The number of aromatic amines is 1. The summed E-state index contributed by atoms with van der Waals surface area (Å²) in [4.78, 5) is 19.8. The minimum absolute atomic E-state index is 0.00104. The van der Waals surface area contributed by atoms with E-state index in [1.807, 2.05) is 0 Å². The van der Waals surface area contributed by atoms with Gasteiger partial charge in [0.2, 0.25) is 5.95 Å². The molecule has 21 heavy (non-hydrogen) atoms. The number of hydrogen-bond donors (Lipinski definition) is 6. The van der Waals surface area contributed by atoms with E-state index in [9.17, 15) is 15.0 Å². The second kappa shape index (κ2) is 4.68. The van der Waals surface area contributed by atoms with Crippen molar-refractivity contribution in [1.82, 2.24) is 19.5 Å². The molecule has 0 unspecified atom stereocenters. The first-order chi connectivity index (χ1) is 9.86. The maximum atomic E-state index is 11.7. The molecule has 0 amide bonds. The van der Waals surface area contributed by atoms with E-state index in [1.54, 1.807) is 0 Å². The van der Waals surface area contributed by atoms with Gasteiger partial charge in [0.1, 0.15) is 12.2 Å². The number of ether oxygens (including phenoxy) is 1. The molecule has 10 nitrogen and oxygen atoms in total. The van der Waals surface area contributed by atoms with Gasteiger partial charge in [-0.1, -0.05) is 0 Å². The largest absolute Gasteiger partial charge is 0.394 e. The quantitative estimate of drug-likeness (QED) is 0.263. The Morgan fingerprint density at radius 3 is 2.95 bits per heavy atom. The first kappa shape index (κ1) is 14.3. The van der Waals surface area contributed by atoms with Crippen LogP contribution in [-0.4, -0.2) is 58.6 Å². The van der Waals surface area contributed by atoms with Crippen molar-refractivity contribution in [2.24, 2.45) is 0 Å². The number of nitrogens with zero attached hydrogens (tertiary/aromatic N) is 3. The standard InChI is InChI=1S/C10H13N5O5S/c11-9-13-6-4(7(18)14-9)12-2-15(6)8-10(19,21)5(17)3(1-16)20-8/h2-3,5,8,16-17,19,21H,1H2,(H3,11,13,14,18)/t3-,5-,8-,10-/m1/s1. The third-order valence-electron chi connectivity index (χ3n) is 3.34. The van der Waals surface area contributed by atoms with Gasteiger partial charge in [-0.05, 0) is 0 Å².